The summed E-state index contributed by atoms with van der Waals surface area (Å²) in [5, 5.41) is 20.6. The number of benzene rings is 1. The van der Waals surface area contributed by atoms with Gasteiger partial charge in [-0.25, -0.2) is 9.07 Å². The average molecular weight is 347 g/mol. The Kier molecular flexibility index (Phi) is 4.77. The van der Waals surface area contributed by atoms with Crippen LogP contribution < -0.4 is 5.73 Å². The zero-order chi connectivity index (χ0) is 17.8. The van der Waals surface area contributed by atoms with E-state index in [9.17, 15) is 9.18 Å². The van der Waals surface area contributed by atoms with E-state index in [1.165, 1.54) is 21.5 Å². The molecule has 3 aromatic rings. The van der Waals surface area contributed by atoms with Crippen LogP contribution in [0.2, 0.25) is 0 Å². The van der Waals surface area contributed by atoms with Gasteiger partial charge in [0.2, 0.25) is 5.82 Å². The summed E-state index contributed by atoms with van der Waals surface area (Å²) in [5.74, 6) is -1.21. The molecule has 10 nitrogen and oxygen atoms in total. The van der Waals surface area contributed by atoms with Gasteiger partial charge in [0.25, 0.3) is 11.9 Å². The normalized spacial score (nSPS) is 11.0. The van der Waals surface area contributed by atoms with E-state index < -0.39 is 5.91 Å². The highest BCUT2D eigenvalue weighted by Gasteiger charge is 2.17. The molecule has 0 atom stereocenters. The zero-order valence-electron chi connectivity index (χ0n) is 12.9. The first-order chi connectivity index (χ1) is 12.1. The summed E-state index contributed by atoms with van der Waals surface area (Å²) in [4.78, 5) is 15.3. The summed E-state index contributed by atoms with van der Waals surface area (Å²) < 4.78 is 20.8. The van der Waals surface area contributed by atoms with Gasteiger partial charge in [0.1, 0.15) is 18.2 Å². The third-order valence-corrected chi connectivity index (χ3v) is 3.16. The van der Waals surface area contributed by atoms with Crippen molar-refractivity contribution in [2.75, 3.05) is 13.2 Å². The number of nitrogens with two attached hydrogens (primary N) is 1. The van der Waals surface area contributed by atoms with Gasteiger partial charge in [0.05, 0.1) is 19.4 Å². The number of aromatic nitrogens is 6. The van der Waals surface area contributed by atoms with E-state index >= 15 is 0 Å². The molecule has 1 aromatic carbocycles. The summed E-state index contributed by atoms with van der Waals surface area (Å²) in [7, 11) is 0. The Morgan fingerprint density at radius 3 is 2.76 bits per heavy atom. The summed E-state index contributed by atoms with van der Waals surface area (Å²) in [6.07, 6.45) is 1.55. The van der Waals surface area contributed by atoms with Crippen LogP contribution in [0.4, 0.5) is 4.39 Å². The predicted octanol–water partition coefficient (Wildman–Crippen LogP) is -0.270. The fourth-order valence-corrected chi connectivity index (χ4v) is 2.02. The highest BCUT2D eigenvalue weighted by atomic mass is 19.1. The number of rotatable bonds is 7. The molecule has 0 fully saturated rings. The number of halogens is 1. The molecule has 3 N–H and O–H groups in total. The third-order valence-electron chi connectivity index (χ3n) is 3.16. The SMILES string of the molecule is NC(=O)c1nc(-n2cc(-c3ccc(F)cc3)nn2)n(COCCO)n1. The molecule has 25 heavy (non-hydrogen) atoms. The molecule has 0 aliphatic heterocycles. The van der Waals surface area contributed by atoms with Gasteiger partial charge in [0, 0.05) is 5.56 Å². The molecule has 0 aliphatic rings. The van der Waals surface area contributed by atoms with Crippen LogP contribution in [-0.2, 0) is 11.5 Å². The molecule has 130 valence electrons. The second-order valence-corrected chi connectivity index (χ2v) is 4.92. The van der Waals surface area contributed by atoms with E-state index in [0.717, 1.165) is 0 Å². The molecular formula is C14H14FN7O3. The molecule has 1 amide bonds. The highest BCUT2D eigenvalue weighted by molar-refractivity contribution is 5.88. The Balaban J connectivity index is 1.92. The molecular weight excluding hydrogens is 333 g/mol. The van der Waals surface area contributed by atoms with Crippen molar-refractivity contribution in [3.63, 3.8) is 0 Å². The maximum Gasteiger partial charge on any atom is 0.288 e. The number of hydrogen-bond donors (Lipinski definition) is 2. The lowest BCUT2D eigenvalue weighted by molar-refractivity contribution is 0.0412. The zero-order valence-corrected chi connectivity index (χ0v) is 12.9. The summed E-state index contributed by atoms with van der Waals surface area (Å²) in [6, 6.07) is 5.75. The standard InChI is InChI=1S/C14H14FN7O3/c15-10-3-1-9(2-4-10)11-7-21(20-18-11)14-17-13(12(16)24)19-22(14)8-25-6-5-23/h1-4,7,23H,5-6,8H2,(H2,16,24). The molecule has 2 aromatic heterocycles. The Morgan fingerprint density at radius 1 is 1.32 bits per heavy atom. The number of hydrogen-bond acceptors (Lipinski definition) is 7. The smallest absolute Gasteiger partial charge is 0.288 e. The number of nitrogens with zero attached hydrogens (tertiary/aromatic N) is 6. The number of ether oxygens (including phenoxy) is 1. The minimum absolute atomic E-state index is 0.0675. The van der Waals surface area contributed by atoms with Crippen LogP contribution in [0.5, 0.6) is 0 Å². The van der Waals surface area contributed by atoms with Crippen LogP contribution >= 0.6 is 0 Å². The molecule has 3 rings (SSSR count). The molecule has 11 heteroatoms. The van der Waals surface area contributed by atoms with Gasteiger partial charge < -0.3 is 15.6 Å². The average Bonchev–Trinajstić information content (AvgIpc) is 3.22. The molecule has 0 radical (unpaired) electrons. The Bertz CT molecular complexity index is 875. The minimum atomic E-state index is -0.805. The van der Waals surface area contributed by atoms with E-state index in [1.54, 1.807) is 18.3 Å². The fraction of sp³-hybridized carbons (Fsp3) is 0.214. The van der Waals surface area contributed by atoms with Crippen molar-refractivity contribution >= 4 is 5.91 Å². The van der Waals surface area contributed by atoms with E-state index in [4.69, 9.17) is 15.6 Å². The minimum Gasteiger partial charge on any atom is -0.394 e. The maximum atomic E-state index is 13.0. The largest absolute Gasteiger partial charge is 0.394 e. The van der Waals surface area contributed by atoms with Gasteiger partial charge >= 0.3 is 0 Å². The second kappa shape index (κ2) is 7.15. The Morgan fingerprint density at radius 2 is 2.08 bits per heavy atom. The quantitative estimate of drug-likeness (QED) is 0.562. The van der Waals surface area contributed by atoms with Crippen molar-refractivity contribution in [3.8, 4) is 17.2 Å². The topological polar surface area (TPSA) is 134 Å². The molecule has 0 unspecified atom stereocenters. The van der Waals surface area contributed by atoms with Crippen LogP contribution in [0.15, 0.2) is 30.5 Å². The number of amides is 1. The molecule has 2 heterocycles. The van der Waals surface area contributed by atoms with E-state index in [-0.39, 0.29) is 37.5 Å². The number of carbonyl (C=O) groups excluding carboxylic acids is 1. The molecule has 0 saturated heterocycles. The monoisotopic (exact) mass is 347 g/mol. The molecule has 0 bridgehead atoms. The molecule has 0 aliphatic carbocycles. The first-order valence-electron chi connectivity index (χ1n) is 7.20. The van der Waals surface area contributed by atoms with Crippen molar-refractivity contribution < 1.29 is 19.0 Å². The van der Waals surface area contributed by atoms with E-state index in [0.29, 0.717) is 11.3 Å². The van der Waals surface area contributed by atoms with Crippen molar-refractivity contribution in [1.82, 2.24) is 29.8 Å². The highest BCUT2D eigenvalue weighted by Crippen LogP contribution is 2.17. The Hall–Kier alpha value is -3.18. The van der Waals surface area contributed by atoms with E-state index in [2.05, 4.69) is 20.4 Å². The lowest BCUT2D eigenvalue weighted by Crippen LogP contribution is -2.14. The fourth-order valence-electron chi connectivity index (χ4n) is 2.02. The first kappa shape index (κ1) is 16.7. The van der Waals surface area contributed by atoms with Crippen LogP contribution in [0.25, 0.3) is 17.2 Å². The first-order valence-corrected chi connectivity index (χ1v) is 7.20. The summed E-state index contributed by atoms with van der Waals surface area (Å²) >= 11 is 0. The van der Waals surface area contributed by atoms with Gasteiger partial charge in [-0.2, -0.15) is 9.67 Å². The Labute approximate surface area is 140 Å². The van der Waals surface area contributed by atoms with E-state index in [1.807, 2.05) is 0 Å². The lowest BCUT2D eigenvalue weighted by atomic mass is 10.2. The van der Waals surface area contributed by atoms with Crippen LogP contribution in [-0.4, -0.2) is 54.0 Å². The summed E-state index contributed by atoms with van der Waals surface area (Å²) in [5.41, 5.74) is 6.34. The number of aliphatic hydroxyl groups is 1. The van der Waals surface area contributed by atoms with Crippen molar-refractivity contribution in [3.05, 3.63) is 42.1 Å². The van der Waals surface area contributed by atoms with Crippen LogP contribution in [0.1, 0.15) is 10.6 Å². The van der Waals surface area contributed by atoms with Crippen molar-refractivity contribution in [1.29, 1.82) is 0 Å². The molecule has 0 saturated carbocycles. The van der Waals surface area contributed by atoms with Crippen molar-refractivity contribution in [2.45, 2.75) is 6.73 Å². The van der Waals surface area contributed by atoms with Crippen LogP contribution in [0, 0.1) is 5.82 Å². The van der Waals surface area contributed by atoms with Gasteiger partial charge in [-0.3, -0.25) is 4.79 Å². The molecule has 0 spiro atoms. The van der Waals surface area contributed by atoms with Gasteiger partial charge in [-0.1, -0.05) is 5.21 Å². The summed E-state index contributed by atoms with van der Waals surface area (Å²) in [6.45, 7) is -0.143. The van der Waals surface area contributed by atoms with Gasteiger partial charge in [-0.05, 0) is 24.3 Å². The predicted molar refractivity (Wildman–Crippen MR) is 81.9 cm³/mol. The second-order valence-electron chi connectivity index (χ2n) is 4.92. The lowest BCUT2D eigenvalue weighted by Gasteiger charge is -2.04. The number of carbonyl (C=O) groups is 1. The number of primary amides is 1. The van der Waals surface area contributed by atoms with Crippen molar-refractivity contribution in [2.24, 2.45) is 5.73 Å². The van der Waals surface area contributed by atoms with Gasteiger partial charge in [0.15, 0.2) is 0 Å². The third kappa shape index (κ3) is 3.67. The maximum absolute atomic E-state index is 13.0. The van der Waals surface area contributed by atoms with Crippen LogP contribution in [0.3, 0.4) is 0 Å². The van der Waals surface area contributed by atoms with Gasteiger partial charge in [-0.15, -0.1) is 10.2 Å². The number of aliphatic hydroxyl groups excluding tert-OH is 1.